The molecule has 0 radical (unpaired) electrons. The van der Waals surface area contributed by atoms with E-state index in [0.29, 0.717) is 5.56 Å². The van der Waals surface area contributed by atoms with Crippen LogP contribution in [0.25, 0.3) is 0 Å². The second kappa shape index (κ2) is 8.27. The van der Waals surface area contributed by atoms with Gasteiger partial charge in [-0.15, -0.1) is 0 Å². The van der Waals surface area contributed by atoms with Crippen LogP contribution in [0.15, 0.2) is 59.5 Å². The van der Waals surface area contributed by atoms with E-state index in [9.17, 15) is 17.9 Å². The molecular weight excluding hydrogens is 365 g/mol. The van der Waals surface area contributed by atoms with E-state index in [1.165, 1.54) is 28.7 Å². The largest absolute Gasteiger partial charge is 0.387 e. The molecule has 4 nitrogen and oxygen atoms in total. The number of alkyl halides is 1. The Morgan fingerprint density at radius 2 is 1.64 bits per heavy atom. The lowest BCUT2D eigenvalue weighted by molar-refractivity contribution is 0.0615. The maximum Gasteiger partial charge on any atom is 0.175 e. The molecule has 25 heavy (non-hydrogen) atoms. The Balaban J connectivity index is 2.21. The first kappa shape index (κ1) is 19.8. The van der Waals surface area contributed by atoms with Gasteiger partial charge in [0.05, 0.1) is 17.0 Å². The zero-order chi connectivity index (χ0) is 18.6. The summed E-state index contributed by atoms with van der Waals surface area (Å²) in [5.74, 6) is 0. The van der Waals surface area contributed by atoms with Gasteiger partial charge in [-0.2, -0.15) is 0 Å². The van der Waals surface area contributed by atoms with Gasteiger partial charge in [0.25, 0.3) is 0 Å². The van der Waals surface area contributed by atoms with Gasteiger partial charge in [-0.25, -0.2) is 17.2 Å². The Morgan fingerprint density at radius 1 is 1.08 bits per heavy atom. The summed E-state index contributed by atoms with van der Waals surface area (Å²) in [5, 5.41) is 10.5. The minimum absolute atomic E-state index is 0.139. The van der Waals surface area contributed by atoms with E-state index in [4.69, 9.17) is 11.8 Å². The average molecular weight is 386 g/mol. The second-order valence-corrected chi connectivity index (χ2v) is 8.34. The van der Waals surface area contributed by atoms with Crippen molar-refractivity contribution in [3.8, 4) is 0 Å². The molecule has 2 rings (SSSR count). The van der Waals surface area contributed by atoms with E-state index in [-0.39, 0.29) is 10.9 Å². The van der Waals surface area contributed by atoms with Gasteiger partial charge in [0.1, 0.15) is 6.67 Å². The fourth-order valence-corrected chi connectivity index (χ4v) is 3.48. The van der Waals surface area contributed by atoms with Crippen molar-refractivity contribution in [1.82, 2.24) is 4.42 Å². The van der Waals surface area contributed by atoms with Gasteiger partial charge >= 0.3 is 0 Å². The molecule has 0 saturated heterocycles. The van der Waals surface area contributed by atoms with Crippen LogP contribution >= 0.6 is 11.8 Å². The lowest BCUT2D eigenvalue weighted by atomic mass is 10.0. The van der Waals surface area contributed by atoms with Crippen molar-refractivity contribution in [1.29, 1.82) is 0 Å². The molecule has 0 amide bonds. The molecule has 0 saturated carbocycles. The second-order valence-electron chi connectivity index (χ2n) is 5.94. The highest BCUT2D eigenvalue weighted by molar-refractivity contribution is 7.90. The third kappa shape index (κ3) is 4.79. The Bertz CT molecular complexity index is 784. The summed E-state index contributed by atoms with van der Waals surface area (Å²) in [5.41, 5.74) is 1.30. The van der Waals surface area contributed by atoms with Crippen LogP contribution in [0, 0.1) is 0 Å². The van der Waals surface area contributed by atoms with Gasteiger partial charge in [0.2, 0.25) is 0 Å². The van der Waals surface area contributed by atoms with Crippen LogP contribution in [0.2, 0.25) is 0 Å². The molecular formula is C18H21ClFNO3S. The molecule has 7 heteroatoms. The first-order valence-corrected chi connectivity index (χ1v) is 10.0. The van der Waals surface area contributed by atoms with Crippen LogP contribution in [0.5, 0.6) is 0 Å². The molecule has 0 aliphatic carbocycles. The van der Waals surface area contributed by atoms with Crippen molar-refractivity contribution in [3.05, 3.63) is 65.7 Å². The van der Waals surface area contributed by atoms with E-state index in [0.717, 1.165) is 11.8 Å². The van der Waals surface area contributed by atoms with Crippen LogP contribution in [-0.4, -0.2) is 36.9 Å². The molecule has 3 atom stereocenters. The minimum atomic E-state index is -3.33. The molecule has 0 fully saturated rings. The molecule has 0 unspecified atom stereocenters. The summed E-state index contributed by atoms with van der Waals surface area (Å²) in [7, 11) is -3.33. The summed E-state index contributed by atoms with van der Waals surface area (Å²) < 4.78 is 37.9. The van der Waals surface area contributed by atoms with Crippen LogP contribution in [-0.2, 0) is 9.84 Å². The van der Waals surface area contributed by atoms with E-state index in [2.05, 4.69) is 0 Å². The smallest absolute Gasteiger partial charge is 0.175 e. The van der Waals surface area contributed by atoms with Gasteiger partial charge in [-0.3, -0.25) is 0 Å². The summed E-state index contributed by atoms with van der Waals surface area (Å²) >= 11 is 6.32. The summed E-state index contributed by atoms with van der Waals surface area (Å²) in [6, 6.07) is 13.8. The summed E-state index contributed by atoms with van der Waals surface area (Å²) in [4.78, 5) is 0.139. The number of hydrogen-bond donors (Lipinski definition) is 1. The van der Waals surface area contributed by atoms with Crippen molar-refractivity contribution in [3.63, 3.8) is 0 Å². The molecule has 0 aliphatic rings. The number of halogens is 2. The van der Waals surface area contributed by atoms with Gasteiger partial charge < -0.3 is 5.11 Å². The van der Waals surface area contributed by atoms with Gasteiger partial charge in [-0.1, -0.05) is 42.5 Å². The number of benzene rings is 2. The van der Waals surface area contributed by atoms with Crippen molar-refractivity contribution >= 4 is 21.6 Å². The Kier molecular flexibility index (Phi) is 6.57. The van der Waals surface area contributed by atoms with Gasteiger partial charge in [-0.05, 0) is 42.0 Å². The molecule has 2 aromatic carbocycles. The first-order valence-electron chi connectivity index (χ1n) is 7.78. The number of nitrogens with zero attached hydrogens (tertiary/aromatic N) is 1. The Hall–Kier alpha value is -1.47. The molecule has 0 aliphatic heterocycles. The lowest BCUT2D eigenvalue weighted by Crippen LogP contribution is -2.36. The standard InChI is InChI=1S/C18H21ClFNO3S/c1-13(14-6-4-3-5-7-14)21(19)17(12-20)18(22)15-8-10-16(11-9-15)25(2,23)24/h3-11,13,17-18,22H,12H2,1-2H3/t13-,17+,18+/m0/s1. The quantitative estimate of drug-likeness (QED) is 0.739. The number of rotatable bonds is 7. The van der Waals surface area contributed by atoms with E-state index < -0.39 is 28.7 Å². The topological polar surface area (TPSA) is 57.6 Å². The highest BCUT2D eigenvalue weighted by Crippen LogP contribution is 2.31. The Labute approximate surface area is 152 Å². The lowest BCUT2D eigenvalue weighted by Gasteiger charge is -2.32. The third-order valence-corrected chi connectivity index (χ3v) is 5.81. The van der Waals surface area contributed by atoms with Crippen LogP contribution in [0.1, 0.15) is 30.2 Å². The zero-order valence-electron chi connectivity index (χ0n) is 14.0. The van der Waals surface area contributed by atoms with E-state index in [1.54, 1.807) is 0 Å². The number of aliphatic hydroxyl groups is 1. The number of sulfone groups is 1. The molecule has 2 aromatic rings. The predicted molar refractivity (Wildman–Crippen MR) is 96.8 cm³/mol. The molecule has 1 N–H and O–H groups in total. The zero-order valence-corrected chi connectivity index (χ0v) is 15.6. The van der Waals surface area contributed by atoms with Crippen molar-refractivity contribution < 1.29 is 17.9 Å². The fraction of sp³-hybridized carbons (Fsp3) is 0.333. The number of hydrogen-bond acceptors (Lipinski definition) is 4. The molecule has 0 heterocycles. The van der Waals surface area contributed by atoms with Crippen LogP contribution in [0.3, 0.4) is 0 Å². The summed E-state index contributed by atoms with van der Waals surface area (Å²) in [6.07, 6.45) is -0.0903. The summed E-state index contributed by atoms with van der Waals surface area (Å²) in [6.45, 7) is 0.972. The molecule has 0 bridgehead atoms. The van der Waals surface area contributed by atoms with Gasteiger partial charge in [0.15, 0.2) is 9.84 Å². The van der Waals surface area contributed by atoms with Crippen molar-refractivity contribution in [2.75, 3.05) is 12.9 Å². The molecule has 0 aromatic heterocycles. The molecule has 0 spiro atoms. The van der Waals surface area contributed by atoms with Gasteiger partial charge in [0, 0.05) is 12.3 Å². The first-order chi connectivity index (χ1) is 11.8. The maximum atomic E-state index is 13.6. The third-order valence-electron chi connectivity index (χ3n) is 4.14. The molecule has 136 valence electrons. The maximum absolute atomic E-state index is 13.6. The highest BCUT2D eigenvalue weighted by atomic mass is 35.5. The Morgan fingerprint density at radius 3 is 2.12 bits per heavy atom. The van der Waals surface area contributed by atoms with E-state index >= 15 is 0 Å². The van der Waals surface area contributed by atoms with E-state index in [1.807, 2.05) is 37.3 Å². The highest BCUT2D eigenvalue weighted by Gasteiger charge is 2.30. The predicted octanol–water partition coefficient (Wildman–Crippen LogP) is 3.68. The van der Waals surface area contributed by atoms with Crippen molar-refractivity contribution in [2.24, 2.45) is 0 Å². The fourth-order valence-electron chi connectivity index (χ4n) is 2.58. The average Bonchev–Trinajstić information content (AvgIpc) is 2.61. The monoisotopic (exact) mass is 385 g/mol. The minimum Gasteiger partial charge on any atom is -0.387 e. The SMILES string of the molecule is C[C@@H](c1ccccc1)N(Cl)[C@H](CF)[C@H](O)c1ccc(S(C)(=O)=O)cc1. The number of aliphatic hydroxyl groups excluding tert-OH is 1. The van der Waals surface area contributed by atoms with Crippen molar-refractivity contribution in [2.45, 2.75) is 30.0 Å². The normalized spacial score (nSPS) is 15.8. The van der Waals surface area contributed by atoms with Crippen LogP contribution < -0.4 is 0 Å². The van der Waals surface area contributed by atoms with Crippen LogP contribution in [0.4, 0.5) is 4.39 Å².